The molecular formula is C25H46O. The zero-order chi connectivity index (χ0) is 20.4. The number of rotatable bonds is 6. The van der Waals surface area contributed by atoms with Crippen molar-refractivity contribution in [2.24, 2.45) is 23.7 Å². The van der Waals surface area contributed by atoms with E-state index in [0.717, 1.165) is 23.7 Å². The number of carbonyl (C=O) groups is 1. The van der Waals surface area contributed by atoms with Crippen molar-refractivity contribution >= 4 is 6.29 Å². The van der Waals surface area contributed by atoms with Gasteiger partial charge in [0.1, 0.15) is 6.29 Å². The lowest BCUT2D eigenvalue weighted by molar-refractivity contribution is -0.104. The first-order chi connectivity index (χ1) is 12.7. The highest BCUT2D eigenvalue weighted by Crippen LogP contribution is 2.47. The Hall–Kier alpha value is -1.11. The highest BCUT2D eigenvalue weighted by molar-refractivity contribution is 5.63. The van der Waals surface area contributed by atoms with Gasteiger partial charge in [-0.3, -0.25) is 4.79 Å². The van der Waals surface area contributed by atoms with Crippen LogP contribution in [0.5, 0.6) is 0 Å². The summed E-state index contributed by atoms with van der Waals surface area (Å²) in [5, 5.41) is 0. The highest BCUT2D eigenvalue weighted by Gasteiger charge is 2.35. The monoisotopic (exact) mass is 362 g/mol. The van der Waals surface area contributed by atoms with Gasteiger partial charge in [-0.2, -0.15) is 0 Å². The van der Waals surface area contributed by atoms with Gasteiger partial charge in [-0.1, -0.05) is 78.5 Å². The van der Waals surface area contributed by atoms with Gasteiger partial charge >= 0.3 is 0 Å². The van der Waals surface area contributed by atoms with Crippen LogP contribution in [-0.2, 0) is 4.79 Å². The summed E-state index contributed by atoms with van der Waals surface area (Å²) in [6.07, 6.45) is 17.4. The van der Waals surface area contributed by atoms with Gasteiger partial charge in [0.2, 0.25) is 0 Å². The summed E-state index contributed by atoms with van der Waals surface area (Å²) < 4.78 is 0. The minimum absolute atomic E-state index is 0.639. The maximum atomic E-state index is 9.06. The molecule has 1 heteroatoms. The minimum Gasteiger partial charge on any atom is -0.299 e. The molecule has 0 saturated heterocycles. The highest BCUT2D eigenvalue weighted by atomic mass is 16.1. The third-order valence-corrected chi connectivity index (χ3v) is 5.73. The van der Waals surface area contributed by atoms with Crippen LogP contribution < -0.4 is 0 Å². The number of fused-ring (bicyclic) bond motifs is 1. The van der Waals surface area contributed by atoms with Gasteiger partial charge in [0.15, 0.2) is 0 Å². The smallest absolute Gasteiger partial charge is 0.142 e. The van der Waals surface area contributed by atoms with Gasteiger partial charge in [-0.15, -0.1) is 13.2 Å². The molecule has 1 saturated carbocycles. The fraction of sp³-hybridized carbons (Fsp3) is 0.720. The molecule has 0 N–H and O–H groups in total. The fourth-order valence-electron chi connectivity index (χ4n) is 4.38. The van der Waals surface area contributed by atoms with Crippen LogP contribution in [0.1, 0.15) is 92.4 Å². The third-order valence-electron chi connectivity index (χ3n) is 5.73. The summed E-state index contributed by atoms with van der Waals surface area (Å²) in [5.74, 6) is 3.90. The first kappa shape index (κ1) is 27.1. The van der Waals surface area contributed by atoms with Crippen molar-refractivity contribution in [2.45, 2.75) is 92.4 Å². The quantitative estimate of drug-likeness (QED) is 0.264. The van der Waals surface area contributed by atoms with Crippen LogP contribution in [0.2, 0.25) is 0 Å². The molecule has 1 nitrogen and oxygen atoms in total. The van der Waals surface area contributed by atoms with E-state index in [1.807, 2.05) is 19.4 Å². The minimum atomic E-state index is 0.639. The number of unbranched alkanes of at least 4 members (excludes halogenated alkanes) is 1. The molecular weight excluding hydrogens is 316 g/mol. The fourth-order valence-corrected chi connectivity index (χ4v) is 4.38. The predicted octanol–water partition coefficient (Wildman–Crippen LogP) is 8.18. The maximum absolute atomic E-state index is 9.06. The average molecular weight is 363 g/mol. The Balaban J connectivity index is 0. The molecule has 1 fully saturated rings. The first-order valence-corrected chi connectivity index (χ1v) is 11.0. The van der Waals surface area contributed by atoms with Crippen molar-refractivity contribution in [1.82, 2.24) is 0 Å². The van der Waals surface area contributed by atoms with E-state index in [2.05, 4.69) is 46.6 Å². The largest absolute Gasteiger partial charge is 0.299 e. The van der Waals surface area contributed by atoms with Gasteiger partial charge in [0, 0.05) is 0 Å². The van der Waals surface area contributed by atoms with Crippen LogP contribution in [0, 0.1) is 23.7 Å². The molecule has 4 atom stereocenters. The van der Waals surface area contributed by atoms with E-state index in [-0.39, 0.29) is 0 Å². The second-order valence-electron chi connectivity index (χ2n) is 7.01. The molecule has 0 spiro atoms. The number of allylic oxidation sites excluding steroid dienone is 3. The van der Waals surface area contributed by atoms with E-state index in [0.29, 0.717) is 6.29 Å². The lowest BCUT2D eigenvalue weighted by Gasteiger charge is -2.42. The van der Waals surface area contributed by atoms with Crippen molar-refractivity contribution in [3.63, 3.8) is 0 Å². The Kier molecular flexibility index (Phi) is 19.5. The van der Waals surface area contributed by atoms with Gasteiger partial charge < -0.3 is 0 Å². The average Bonchev–Trinajstić information content (AvgIpc) is 2.74. The van der Waals surface area contributed by atoms with E-state index < -0.39 is 0 Å². The third kappa shape index (κ3) is 9.55. The molecule has 4 unspecified atom stereocenters. The predicted molar refractivity (Wildman–Crippen MR) is 119 cm³/mol. The molecule has 0 aromatic carbocycles. The standard InChI is InChI=1S/C18H32.C3H4O.C2H6.C2H4/c1-4-7-8-17-15(6-3)10-11-16-13-14(5-2)9-12-18(16)17;1-2-3-4;2*1-2/h12,14-17H,4-11,13H2,1-3H3;2-3H,1H2;1-2H3;1-2H2. The Morgan fingerprint density at radius 3 is 2.19 bits per heavy atom. The van der Waals surface area contributed by atoms with E-state index in [4.69, 9.17) is 4.79 Å². The summed E-state index contributed by atoms with van der Waals surface area (Å²) in [4.78, 5) is 9.06. The topological polar surface area (TPSA) is 17.1 Å². The Morgan fingerprint density at radius 2 is 1.73 bits per heavy atom. The molecule has 0 aliphatic heterocycles. The normalized spacial score (nSPS) is 26.1. The number of hydrogen-bond donors (Lipinski definition) is 0. The van der Waals surface area contributed by atoms with Gasteiger partial charge in [0.05, 0.1) is 0 Å². The van der Waals surface area contributed by atoms with Crippen LogP contribution >= 0.6 is 0 Å². The maximum Gasteiger partial charge on any atom is 0.142 e. The molecule has 2 rings (SSSR count). The first-order valence-electron chi connectivity index (χ1n) is 11.0. The Labute approximate surface area is 165 Å². The lowest BCUT2D eigenvalue weighted by atomic mass is 9.63. The van der Waals surface area contributed by atoms with Crippen LogP contribution in [0.15, 0.2) is 37.5 Å². The van der Waals surface area contributed by atoms with Crippen LogP contribution in [0.25, 0.3) is 0 Å². The molecule has 0 radical (unpaired) electrons. The lowest BCUT2D eigenvalue weighted by Crippen LogP contribution is -2.31. The van der Waals surface area contributed by atoms with Crippen molar-refractivity contribution in [3.05, 3.63) is 37.5 Å². The molecule has 2 aliphatic carbocycles. The van der Waals surface area contributed by atoms with E-state index in [9.17, 15) is 0 Å². The van der Waals surface area contributed by atoms with Crippen molar-refractivity contribution in [2.75, 3.05) is 0 Å². The second-order valence-corrected chi connectivity index (χ2v) is 7.01. The molecule has 2 aliphatic rings. The molecule has 0 bridgehead atoms. The van der Waals surface area contributed by atoms with Crippen LogP contribution in [-0.4, -0.2) is 6.29 Å². The molecule has 0 heterocycles. The Morgan fingerprint density at radius 1 is 1.12 bits per heavy atom. The van der Waals surface area contributed by atoms with Crippen molar-refractivity contribution in [3.8, 4) is 0 Å². The summed E-state index contributed by atoms with van der Waals surface area (Å²) in [7, 11) is 0. The number of carbonyl (C=O) groups excluding carboxylic acids is 1. The van der Waals surface area contributed by atoms with Gasteiger partial charge in [-0.05, 0) is 61.9 Å². The molecule has 26 heavy (non-hydrogen) atoms. The van der Waals surface area contributed by atoms with Crippen LogP contribution in [0.3, 0.4) is 0 Å². The summed E-state index contributed by atoms with van der Waals surface area (Å²) >= 11 is 0. The Bertz CT molecular complexity index is 362. The van der Waals surface area contributed by atoms with Crippen LogP contribution in [0.4, 0.5) is 0 Å². The molecule has 0 amide bonds. The van der Waals surface area contributed by atoms with E-state index in [1.54, 1.807) is 0 Å². The molecule has 152 valence electrons. The van der Waals surface area contributed by atoms with E-state index >= 15 is 0 Å². The summed E-state index contributed by atoms with van der Waals surface area (Å²) in [6, 6.07) is 0. The van der Waals surface area contributed by atoms with E-state index in [1.165, 1.54) is 63.9 Å². The zero-order valence-corrected chi connectivity index (χ0v) is 18.4. The second kappa shape index (κ2) is 18.7. The number of aldehydes is 1. The van der Waals surface area contributed by atoms with Gasteiger partial charge in [0.25, 0.3) is 0 Å². The zero-order valence-electron chi connectivity index (χ0n) is 18.4. The SMILES string of the molecule is C=C.C=CC=O.CC.CCCCC1C2=CCC(CC)CC2CCC1CC. The summed E-state index contributed by atoms with van der Waals surface area (Å²) in [5.41, 5.74) is 1.89. The van der Waals surface area contributed by atoms with Crippen molar-refractivity contribution in [1.29, 1.82) is 0 Å². The molecule has 0 aromatic rings. The molecule has 0 aromatic heterocycles. The summed E-state index contributed by atoms with van der Waals surface area (Å²) in [6.45, 7) is 20.2. The number of hydrogen-bond acceptors (Lipinski definition) is 1. The van der Waals surface area contributed by atoms with Gasteiger partial charge in [-0.25, -0.2) is 0 Å². The van der Waals surface area contributed by atoms with Crippen molar-refractivity contribution < 1.29 is 4.79 Å².